The molecular weight excluding hydrogens is 478 g/mol. The van der Waals surface area contributed by atoms with Crippen molar-refractivity contribution < 1.29 is 28.6 Å². The molecule has 166 valence electrons. The van der Waals surface area contributed by atoms with Gasteiger partial charge in [-0.3, -0.25) is 9.59 Å². The number of aliphatic hydroxyl groups excluding tert-OH is 1. The number of halogens is 1. The van der Waals surface area contributed by atoms with Gasteiger partial charge >= 0.3 is 0 Å². The second-order valence-corrected chi connectivity index (χ2v) is 8.29. The van der Waals surface area contributed by atoms with E-state index in [4.69, 9.17) is 13.9 Å². The molecule has 1 aliphatic heterocycles. The zero-order chi connectivity index (χ0) is 22.8. The summed E-state index contributed by atoms with van der Waals surface area (Å²) >= 11 is 3.40. The van der Waals surface area contributed by atoms with Gasteiger partial charge in [0.15, 0.2) is 11.5 Å². The van der Waals surface area contributed by atoms with Crippen LogP contribution in [-0.4, -0.2) is 49.1 Å². The zero-order valence-electron chi connectivity index (χ0n) is 17.6. The number of fused-ring (bicyclic) bond motifs is 1. The highest BCUT2D eigenvalue weighted by Gasteiger charge is 2.45. The minimum atomic E-state index is -0.817. The van der Waals surface area contributed by atoms with E-state index in [1.807, 2.05) is 12.1 Å². The molecule has 2 heterocycles. The highest BCUT2D eigenvalue weighted by atomic mass is 79.9. The Morgan fingerprint density at radius 3 is 2.72 bits per heavy atom. The molecule has 1 unspecified atom stereocenters. The van der Waals surface area contributed by atoms with Gasteiger partial charge in [0.25, 0.3) is 5.91 Å². The fourth-order valence-corrected chi connectivity index (χ4v) is 4.35. The van der Waals surface area contributed by atoms with Crippen molar-refractivity contribution in [2.24, 2.45) is 0 Å². The summed E-state index contributed by atoms with van der Waals surface area (Å²) in [6, 6.07) is 13.3. The maximum Gasteiger partial charge on any atom is 0.290 e. The van der Waals surface area contributed by atoms with Crippen LogP contribution in [0.25, 0.3) is 11.0 Å². The molecule has 0 radical (unpaired) electrons. The van der Waals surface area contributed by atoms with E-state index in [1.165, 1.54) is 12.0 Å². The minimum Gasteiger partial charge on any atom is -0.503 e. The van der Waals surface area contributed by atoms with Gasteiger partial charge in [-0.25, -0.2) is 0 Å². The first-order valence-corrected chi connectivity index (χ1v) is 10.8. The van der Waals surface area contributed by atoms with Crippen molar-refractivity contribution in [2.45, 2.75) is 12.5 Å². The van der Waals surface area contributed by atoms with Crippen LogP contribution in [0.15, 0.2) is 68.8 Å². The Hall–Kier alpha value is -3.10. The van der Waals surface area contributed by atoms with E-state index in [0.717, 1.165) is 9.86 Å². The Kier molecular flexibility index (Phi) is 6.34. The molecule has 0 bridgehead atoms. The van der Waals surface area contributed by atoms with Gasteiger partial charge in [-0.1, -0.05) is 34.1 Å². The van der Waals surface area contributed by atoms with Gasteiger partial charge in [0, 0.05) is 35.7 Å². The van der Waals surface area contributed by atoms with E-state index >= 15 is 0 Å². The van der Waals surface area contributed by atoms with Crippen LogP contribution < -0.4 is 4.74 Å². The third-order valence-electron chi connectivity index (χ3n) is 5.43. The van der Waals surface area contributed by atoms with E-state index in [1.54, 1.807) is 43.5 Å². The van der Waals surface area contributed by atoms with E-state index in [0.29, 0.717) is 36.5 Å². The molecule has 1 aromatic heterocycles. The summed E-state index contributed by atoms with van der Waals surface area (Å²) in [7, 11) is 3.10. The number of Topliss-reactive ketones (excluding diaryl/α,β-unsaturated/α-hetero) is 1. The number of ketones is 1. The lowest BCUT2D eigenvalue weighted by atomic mass is 9.94. The molecule has 1 atom stereocenters. The Morgan fingerprint density at radius 1 is 1.19 bits per heavy atom. The molecule has 2 aromatic carbocycles. The zero-order valence-corrected chi connectivity index (χ0v) is 19.2. The molecule has 0 saturated heterocycles. The van der Waals surface area contributed by atoms with Crippen molar-refractivity contribution in [3.05, 3.63) is 75.7 Å². The number of nitrogens with zero attached hydrogens (tertiary/aromatic N) is 1. The number of carbonyl (C=O) groups excluding carboxylic acids is 2. The van der Waals surface area contributed by atoms with Gasteiger partial charge in [-0.05, 0) is 36.8 Å². The number of carbonyl (C=O) groups is 2. The first-order chi connectivity index (χ1) is 15.5. The minimum absolute atomic E-state index is 0.0324. The summed E-state index contributed by atoms with van der Waals surface area (Å²) in [5.41, 5.74) is 1.11. The number of methoxy groups -OCH3 is 2. The molecule has 32 heavy (non-hydrogen) atoms. The number of benzene rings is 2. The van der Waals surface area contributed by atoms with Crippen molar-refractivity contribution in [2.75, 3.05) is 27.4 Å². The first kappa shape index (κ1) is 22.1. The lowest BCUT2D eigenvalue weighted by Gasteiger charge is -2.27. The summed E-state index contributed by atoms with van der Waals surface area (Å²) in [4.78, 5) is 28.0. The molecule has 0 saturated carbocycles. The Bertz CT molecular complexity index is 1210. The Balaban J connectivity index is 1.80. The first-order valence-electron chi connectivity index (χ1n) is 10.1. The molecular formula is C24H22BrNO6. The van der Waals surface area contributed by atoms with Crippen molar-refractivity contribution in [1.29, 1.82) is 0 Å². The topological polar surface area (TPSA) is 89.2 Å². The van der Waals surface area contributed by atoms with Gasteiger partial charge in [-0.15, -0.1) is 0 Å². The summed E-state index contributed by atoms with van der Waals surface area (Å²) in [5, 5.41) is 11.5. The third-order valence-corrected chi connectivity index (χ3v) is 5.92. The Morgan fingerprint density at radius 2 is 1.97 bits per heavy atom. The number of rotatable bonds is 8. The quantitative estimate of drug-likeness (QED) is 0.353. The fraction of sp³-hybridized carbons (Fsp3) is 0.250. The van der Waals surface area contributed by atoms with Crippen LogP contribution in [0.2, 0.25) is 0 Å². The number of para-hydroxylation sites is 1. The van der Waals surface area contributed by atoms with E-state index < -0.39 is 23.5 Å². The SMILES string of the molecule is COCCCN1C(=O)C(O)=C(C(=O)c2cc3cc(Br)ccc3o2)C1c1ccccc1OC. The monoisotopic (exact) mass is 499 g/mol. The third kappa shape index (κ3) is 3.91. The highest BCUT2D eigenvalue weighted by Crippen LogP contribution is 2.42. The largest absolute Gasteiger partial charge is 0.503 e. The number of amides is 1. The van der Waals surface area contributed by atoms with Gasteiger partial charge in [0.1, 0.15) is 11.3 Å². The molecule has 0 aliphatic carbocycles. The number of hydrogen-bond donors (Lipinski definition) is 1. The second-order valence-electron chi connectivity index (χ2n) is 7.37. The summed E-state index contributed by atoms with van der Waals surface area (Å²) < 4.78 is 17.2. The van der Waals surface area contributed by atoms with E-state index in [2.05, 4.69) is 15.9 Å². The van der Waals surface area contributed by atoms with Crippen molar-refractivity contribution in [3.63, 3.8) is 0 Å². The molecule has 1 amide bonds. The maximum atomic E-state index is 13.5. The van der Waals surface area contributed by atoms with Crippen LogP contribution in [0.5, 0.6) is 5.75 Å². The average Bonchev–Trinajstić information content (AvgIpc) is 3.32. The average molecular weight is 500 g/mol. The van der Waals surface area contributed by atoms with Crippen LogP contribution in [0, 0.1) is 0 Å². The fourth-order valence-electron chi connectivity index (χ4n) is 3.97. The second kappa shape index (κ2) is 9.18. The Labute approximate surface area is 193 Å². The molecule has 1 N–H and O–H groups in total. The normalized spacial score (nSPS) is 16.3. The summed E-state index contributed by atoms with van der Waals surface area (Å²) in [6.07, 6.45) is 0.543. The lowest BCUT2D eigenvalue weighted by molar-refractivity contribution is -0.129. The predicted octanol–water partition coefficient (Wildman–Crippen LogP) is 4.82. The molecule has 0 spiro atoms. The van der Waals surface area contributed by atoms with Crippen molar-refractivity contribution in [1.82, 2.24) is 4.90 Å². The molecule has 1 aliphatic rings. The van der Waals surface area contributed by atoms with Gasteiger partial charge < -0.3 is 23.9 Å². The van der Waals surface area contributed by atoms with Gasteiger partial charge in [0.2, 0.25) is 5.78 Å². The number of furan rings is 1. The van der Waals surface area contributed by atoms with E-state index in [9.17, 15) is 14.7 Å². The maximum absolute atomic E-state index is 13.5. The standard InChI is InChI=1S/C24H22BrNO6/c1-30-11-5-10-26-21(16-6-3-4-7-18(16)31-2)20(23(28)24(26)29)22(27)19-13-14-12-15(25)8-9-17(14)32-19/h3-4,6-9,12-13,21,28H,5,10-11H2,1-2H3. The van der Waals surface area contributed by atoms with Crippen LogP contribution in [0.4, 0.5) is 0 Å². The molecule has 8 heteroatoms. The van der Waals surface area contributed by atoms with Crippen molar-refractivity contribution in [3.8, 4) is 5.75 Å². The highest BCUT2D eigenvalue weighted by molar-refractivity contribution is 9.10. The molecule has 7 nitrogen and oxygen atoms in total. The molecule has 0 fully saturated rings. The summed E-state index contributed by atoms with van der Waals surface area (Å²) in [6.45, 7) is 0.730. The van der Waals surface area contributed by atoms with Crippen molar-refractivity contribution >= 4 is 38.6 Å². The van der Waals surface area contributed by atoms with Gasteiger partial charge in [0.05, 0.1) is 18.7 Å². The van der Waals surface area contributed by atoms with Crippen LogP contribution in [0.3, 0.4) is 0 Å². The van der Waals surface area contributed by atoms with Crippen LogP contribution in [-0.2, 0) is 9.53 Å². The number of ether oxygens (including phenoxy) is 2. The smallest absolute Gasteiger partial charge is 0.290 e. The van der Waals surface area contributed by atoms with Crippen LogP contribution >= 0.6 is 15.9 Å². The van der Waals surface area contributed by atoms with E-state index in [-0.39, 0.29) is 11.3 Å². The number of aliphatic hydroxyl groups is 1. The lowest BCUT2D eigenvalue weighted by Crippen LogP contribution is -2.32. The molecule has 4 rings (SSSR count). The summed E-state index contributed by atoms with van der Waals surface area (Å²) in [5.74, 6) is -1.18. The van der Waals surface area contributed by atoms with Crippen LogP contribution in [0.1, 0.15) is 28.6 Å². The molecule has 3 aromatic rings. The predicted molar refractivity (Wildman–Crippen MR) is 122 cm³/mol. The number of hydrogen-bond acceptors (Lipinski definition) is 6. The van der Waals surface area contributed by atoms with Gasteiger partial charge in [-0.2, -0.15) is 0 Å².